The van der Waals surface area contributed by atoms with Crippen molar-refractivity contribution in [2.75, 3.05) is 26.0 Å². The van der Waals surface area contributed by atoms with Crippen molar-refractivity contribution in [3.8, 4) is 0 Å². The van der Waals surface area contributed by atoms with Gasteiger partial charge < -0.3 is 0 Å². The molecule has 4 rings (SSSR count). The second-order valence-electron chi connectivity index (χ2n) is 7.38. The van der Waals surface area contributed by atoms with Crippen LogP contribution in [-0.4, -0.2) is 51.1 Å². The molecule has 204 valence electrons. The maximum atomic E-state index is 13.2. The molecule has 0 saturated carbocycles. The molecule has 13 heteroatoms. The first-order chi connectivity index (χ1) is 18.3. The summed E-state index contributed by atoms with van der Waals surface area (Å²) in [6, 6.07) is 25.4. The Morgan fingerprint density at radius 1 is 1.05 bits per heavy atom. The highest BCUT2D eigenvalue weighted by Crippen LogP contribution is 2.20. The van der Waals surface area contributed by atoms with Gasteiger partial charge in [-0.2, -0.15) is 13.5 Å². The number of hydrogen-bond acceptors (Lipinski definition) is 5. The highest BCUT2D eigenvalue weighted by atomic mass is 35.5. The third-order valence-corrected chi connectivity index (χ3v) is 6.29. The molecule has 8 nitrogen and oxygen atoms in total. The summed E-state index contributed by atoms with van der Waals surface area (Å²) in [7, 11) is -3.78. The predicted octanol–water partition coefficient (Wildman–Crippen LogP) is 4.88. The van der Waals surface area contributed by atoms with Gasteiger partial charge in [0.15, 0.2) is 0 Å². The van der Waals surface area contributed by atoms with Crippen LogP contribution >= 0.6 is 35.1 Å². The molecule has 0 spiro atoms. The van der Waals surface area contributed by atoms with Gasteiger partial charge in [0.1, 0.15) is 5.82 Å². The Hall–Kier alpha value is -2.67. The Morgan fingerprint density at radius 3 is 2.18 bits per heavy atom. The number of alkyl halides is 1. The third-order valence-electron chi connectivity index (χ3n) is 4.64. The summed E-state index contributed by atoms with van der Waals surface area (Å²) in [6.07, 6.45) is 2.13. The highest BCUT2D eigenvalue weighted by molar-refractivity contribution is 7.98. The Labute approximate surface area is 237 Å². The Morgan fingerprint density at radius 2 is 1.63 bits per heavy atom. The summed E-state index contributed by atoms with van der Waals surface area (Å²) in [5.41, 5.74) is 1.64. The molecule has 1 aliphatic heterocycles. The minimum absolute atomic E-state index is 0.0536. The first-order valence-corrected chi connectivity index (χ1v) is 14.8. The van der Waals surface area contributed by atoms with Crippen molar-refractivity contribution in [1.82, 2.24) is 14.5 Å². The second-order valence-corrected chi connectivity index (χ2v) is 10.1. The minimum atomic E-state index is -3.78. The lowest BCUT2D eigenvalue weighted by Crippen LogP contribution is -2.36. The van der Waals surface area contributed by atoms with Gasteiger partial charge in [-0.15, -0.1) is 11.6 Å². The average Bonchev–Trinajstić information content (AvgIpc) is 3.42. The number of benzene rings is 3. The molecule has 0 saturated heterocycles. The number of nitrogens with zero attached hydrogens (tertiary/aromatic N) is 3. The number of nitrogens with two attached hydrogens (primary N) is 1. The zero-order chi connectivity index (χ0) is 27.8. The summed E-state index contributed by atoms with van der Waals surface area (Å²) < 4.78 is 40.6. The maximum absolute atomic E-state index is 13.2. The molecule has 3 aromatic rings. The molecule has 0 aliphatic carbocycles. The van der Waals surface area contributed by atoms with Crippen molar-refractivity contribution in [1.29, 1.82) is 0 Å². The molecule has 0 bridgehead atoms. The van der Waals surface area contributed by atoms with Gasteiger partial charge in [0.2, 0.25) is 5.96 Å². The summed E-state index contributed by atoms with van der Waals surface area (Å²) in [4.78, 5) is 5.33. The molecular formula is C25H29Cl2FN6O2S2. The van der Waals surface area contributed by atoms with Crippen LogP contribution in [0, 0.1) is 5.82 Å². The van der Waals surface area contributed by atoms with Gasteiger partial charge in [0, 0.05) is 29.3 Å². The molecule has 0 unspecified atom stereocenters. The van der Waals surface area contributed by atoms with Crippen LogP contribution in [0.5, 0.6) is 0 Å². The largest absolute Gasteiger partial charge is 0.295 e. The molecule has 0 fully saturated rings. The lowest BCUT2D eigenvalue weighted by Gasteiger charge is -2.17. The van der Waals surface area contributed by atoms with Gasteiger partial charge in [0.05, 0.1) is 18.8 Å². The van der Waals surface area contributed by atoms with Crippen molar-refractivity contribution < 1.29 is 12.8 Å². The lowest BCUT2D eigenvalue weighted by molar-refractivity contribution is 0.478. The number of hydrazone groups is 1. The van der Waals surface area contributed by atoms with E-state index in [0.29, 0.717) is 23.9 Å². The topological polar surface area (TPSA) is 112 Å². The van der Waals surface area contributed by atoms with Crippen LogP contribution in [0.4, 0.5) is 4.39 Å². The molecule has 0 radical (unpaired) electrons. The maximum Gasteiger partial charge on any atom is 0.274 e. The van der Waals surface area contributed by atoms with E-state index in [4.69, 9.17) is 16.7 Å². The number of halogens is 3. The third kappa shape index (κ3) is 12.2. The number of nitrogens with one attached hydrogen (secondary N) is 2. The molecule has 4 N–H and O–H groups in total. The summed E-state index contributed by atoms with van der Waals surface area (Å²) >= 11 is 11.9. The molecule has 38 heavy (non-hydrogen) atoms. The molecule has 1 aliphatic rings. The van der Waals surface area contributed by atoms with Crippen LogP contribution in [0.15, 0.2) is 99.9 Å². The standard InChI is InChI=1S/C18H20ClFN6O2S2.C6H6.CH3Cl/c19-14-3-7-16(8-4-14)29-25-18(22-10-11-23-30(21,27)28)26-12-9-17(24-26)13-1-5-15(20)6-2-13;1-2-4-6-5-3-1;1-2/h1-8,23H,9-12H2,(H,22,25)(H2,21,27,28);1-6H;1H3. The van der Waals surface area contributed by atoms with E-state index in [2.05, 4.69) is 31.1 Å². The Balaban J connectivity index is 0.000000548. The van der Waals surface area contributed by atoms with Crippen LogP contribution in [-0.2, 0) is 10.2 Å². The lowest BCUT2D eigenvalue weighted by atomic mass is 10.1. The minimum Gasteiger partial charge on any atom is -0.295 e. The molecule has 1 heterocycles. The van der Waals surface area contributed by atoms with Crippen LogP contribution < -0.4 is 14.6 Å². The molecule has 0 amide bonds. The zero-order valence-corrected chi connectivity index (χ0v) is 23.7. The first-order valence-electron chi connectivity index (χ1n) is 11.3. The first kappa shape index (κ1) is 31.5. The van der Waals surface area contributed by atoms with Gasteiger partial charge in [-0.1, -0.05) is 60.1 Å². The van der Waals surface area contributed by atoms with Crippen molar-refractivity contribution in [3.05, 3.63) is 101 Å². The smallest absolute Gasteiger partial charge is 0.274 e. The monoisotopic (exact) mass is 598 g/mol. The number of guanidine groups is 1. The summed E-state index contributed by atoms with van der Waals surface area (Å²) in [5, 5.41) is 11.8. The fourth-order valence-corrected chi connectivity index (χ4v) is 4.12. The Kier molecular flexibility index (Phi) is 14.1. The van der Waals surface area contributed by atoms with E-state index in [1.165, 1.54) is 30.5 Å². The van der Waals surface area contributed by atoms with E-state index >= 15 is 0 Å². The molecule has 0 aromatic heterocycles. The van der Waals surface area contributed by atoms with Crippen molar-refractivity contribution in [2.45, 2.75) is 11.3 Å². The molecule has 3 aromatic carbocycles. The van der Waals surface area contributed by atoms with E-state index < -0.39 is 10.2 Å². The van der Waals surface area contributed by atoms with Crippen LogP contribution in [0.25, 0.3) is 0 Å². The van der Waals surface area contributed by atoms with Gasteiger partial charge in [-0.3, -0.25) is 4.72 Å². The van der Waals surface area contributed by atoms with Gasteiger partial charge >= 0.3 is 0 Å². The highest BCUT2D eigenvalue weighted by Gasteiger charge is 2.20. The number of rotatable bonds is 7. The van der Waals surface area contributed by atoms with Crippen LogP contribution in [0.1, 0.15) is 12.0 Å². The van der Waals surface area contributed by atoms with Crippen molar-refractivity contribution in [3.63, 3.8) is 0 Å². The van der Waals surface area contributed by atoms with Crippen molar-refractivity contribution in [2.24, 2.45) is 15.2 Å². The van der Waals surface area contributed by atoms with E-state index in [0.717, 1.165) is 16.2 Å². The van der Waals surface area contributed by atoms with E-state index in [1.807, 2.05) is 48.5 Å². The second kappa shape index (κ2) is 17.0. The van der Waals surface area contributed by atoms with Crippen LogP contribution in [0.2, 0.25) is 5.02 Å². The van der Waals surface area contributed by atoms with Gasteiger partial charge in [-0.25, -0.2) is 24.3 Å². The van der Waals surface area contributed by atoms with E-state index in [1.54, 1.807) is 29.3 Å². The normalized spacial score (nSPS) is 13.0. The summed E-state index contributed by atoms with van der Waals surface area (Å²) in [6.45, 7) is 0.790. The zero-order valence-electron chi connectivity index (χ0n) is 20.6. The van der Waals surface area contributed by atoms with E-state index in [-0.39, 0.29) is 18.9 Å². The summed E-state index contributed by atoms with van der Waals surface area (Å²) in [5.74, 6) is 0.156. The Bertz CT molecular complexity index is 1240. The fraction of sp³-hybridized carbons (Fsp3) is 0.200. The molecule has 0 atom stereocenters. The fourth-order valence-electron chi connectivity index (χ4n) is 2.96. The van der Waals surface area contributed by atoms with E-state index in [9.17, 15) is 12.8 Å². The van der Waals surface area contributed by atoms with Crippen molar-refractivity contribution >= 4 is 57.0 Å². The number of aliphatic imine (C=N–C) groups is 1. The quantitative estimate of drug-likeness (QED) is 0.118. The molecular weight excluding hydrogens is 570 g/mol. The SMILES string of the molecule is CCl.NS(=O)(=O)NCCN=C(NSc1ccc(Cl)cc1)N1CCC(c2ccc(F)cc2)=N1.c1ccccc1. The van der Waals surface area contributed by atoms with Gasteiger partial charge in [0.25, 0.3) is 10.2 Å². The van der Waals surface area contributed by atoms with Crippen LogP contribution in [0.3, 0.4) is 0 Å². The number of hydrogen-bond donors (Lipinski definition) is 3. The van der Waals surface area contributed by atoms with Gasteiger partial charge in [-0.05, 0) is 53.9 Å². The average molecular weight is 600 g/mol. The predicted molar refractivity (Wildman–Crippen MR) is 156 cm³/mol.